The van der Waals surface area contributed by atoms with Crippen molar-refractivity contribution >= 4 is 5.91 Å². The molecule has 1 amide bonds. The molecule has 7 heteroatoms. The average Bonchev–Trinajstić information content (AvgIpc) is 3.11. The summed E-state index contributed by atoms with van der Waals surface area (Å²) in [5.74, 6) is 1.44. The predicted octanol–water partition coefficient (Wildman–Crippen LogP) is 2.90. The van der Waals surface area contributed by atoms with Crippen molar-refractivity contribution < 1.29 is 9.90 Å². The van der Waals surface area contributed by atoms with Gasteiger partial charge in [0, 0.05) is 18.3 Å². The number of benzene rings is 1. The van der Waals surface area contributed by atoms with Gasteiger partial charge in [-0.1, -0.05) is 44.2 Å². The maximum absolute atomic E-state index is 13.1. The van der Waals surface area contributed by atoms with Gasteiger partial charge in [0.25, 0.3) is 5.91 Å². The Kier molecular flexibility index (Phi) is 4.35. The second kappa shape index (κ2) is 6.83. The van der Waals surface area contributed by atoms with Gasteiger partial charge in [0.15, 0.2) is 11.6 Å². The molecule has 4 rings (SSSR count). The molecule has 27 heavy (non-hydrogen) atoms. The van der Waals surface area contributed by atoms with Crippen molar-refractivity contribution in [2.24, 2.45) is 5.92 Å². The Morgan fingerprint density at radius 3 is 2.67 bits per heavy atom. The van der Waals surface area contributed by atoms with Crippen LogP contribution >= 0.6 is 0 Å². The summed E-state index contributed by atoms with van der Waals surface area (Å²) < 4.78 is 1.90. The van der Waals surface area contributed by atoms with Gasteiger partial charge in [-0.05, 0) is 12.0 Å². The molecule has 0 saturated heterocycles. The maximum Gasteiger partial charge on any atom is 0.256 e. The van der Waals surface area contributed by atoms with E-state index >= 15 is 0 Å². The van der Waals surface area contributed by atoms with Gasteiger partial charge in [0.2, 0.25) is 0 Å². The van der Waals surface area contributed by atoms with Gasteiger partial charge in [0.05, 0.1) is 24.3 Å². The smallest absolute Gasteiger partial charge is 0.256 e. The molecule has 1 aliphatic rings. The van der Waals surface area contributed by atoms with E-state index in [4.69, 9.17) is 4.98 Å². The van der Waals surface area contributed by atoms with Crippen LogP contribution in [0.15, 0.2) is 48.8 Å². The number of carbonyl (C=O) groups excluding carboxylic acids is 1. The first-order chi connectivity index (χ1) is 13.0. The second-order valence-corrected chi connectivity index (χ2v) is 7.00. The molecule has 138 valence electrons. The largest absolute Gasteiger partial charge is 0.506 e. The highest BCUT2D eigenvalue weighted by Crippen LogP contribution is 2.33. The molecule has 2 aromatic heterocycles. The fourth-order valence-corrected chi connectivity index (χ4v) is 3.52. The van der Waals surface area contributed by atoms with Crippen molar-refractivity contribution in [1.29, 1.82) is 0 Å². The fraction of sp³-hybridized carbons (Fsp3) is 0.300. The van der Waals surface area contributed by atoms with E-state index in [0.717, 1.165) is 11.4 Å². The Morgan fingerprint density at radius 2 is 1.96 bits per heavy atom. The minimum absolute atomic E-state index is 0.0199. The number of hydrogen-bond acceptors (Lipinski definition) is 5. The van der Waals surface area contributed by atoms with Crippen LogP contribution in [0.4, 0.5) is 0 Å². The van der Waals surface area contributed by atoms with Crippen molar-refractivity contribution in [3.05, 3.63) is 60.2 Å². The molecular weight excluding hydrogens is 342 g/mol. The Balaban J connectivity index is 1.71. The summed E-state index contributed by atoms with van der Waals surface area (Å²) in [5, 5.41) is 14.3. The fourth-order valence-electron chi connectivity index (χ4n) is 3.52. The van der Waals surface area contributed by atoms with E-state index in [1.54, 1.807) is 4.90 Å². The van der Waals surface area contributed by atoms with E-state index in [1.165, 1.54) is 18.5 Å². The van der Waals surface area contributed by atoms with Crippen LogP contribution in [-0.4, -0.2) is 42.2 Å². The highest BCUT2D eigenvalue weighted by Gasteiger charge is 2.36. The number of rotatable bonds is 3. The number of carbonyl (C=O) groups is 1. The van der Waals surface area contributed by atoms with Gasteiger partial charge in [0.1, 0.15) is 5.75 Å². The Bertz CT molecular complexity index is 968. The van der Waals surface area contributed by atoms with E-state index in [-0.39, 0.29) is 23.6 Å². The quantitative estimate of drug-likeness (QED) is 0.773. The van der Waals surface area contributed by atoms with E-state index in [2.05, 4.69) is 23.9 Å². The standard InChI is InChI=1S/C20H21N5O2/c1-13(2)17-19-22-18(14-6-4-3-5-7-14)23-25(19)9-8-24(17)20(27)15-10-16(26)12-21-11-15/h3-7,10-13,17,26H,8-9H2,1-2H3/t17-/m0/s1. The number of hydrogen-bond donors (Lipinski definition) is 1. The number of aromatic nitrogens is 4. The number of nitrogens with zero attached hydrogens (tertiary/aromatic N) is 5. The molecule has 0 spiro atoms. The number of pyridine rings is 1. The van der Waals surface area contributed by atoms with Crippen LogP contribution in [-0.2, 0) is 6.54 Å². The molecule has 0 fully saturated rings. The Hall–Kier alpha value is -3.22. The van der Waals surface area contributed by atoms with Crippen LogP contribution in [0.3, 0.4) is 0 Å². The molecule has 0 saturated carbocycles. The SMILES string of the molecule is CC(C)[C@H]1c2nc(-c3ccccc3)nn2CCN1C(=O)c1cncc(O)c1. The zero-order chi connectivity index (χ0) is 19.0. The molecule has 3 heterocycles. The number of aromatic hydroxyl groups is 1. The first-order valence-corrected chi connectivity index (χ1v) is 8.99. The molecule has 7 nitrogen and oxygen atoms in total. The molecule has 3 aromatic rings. The van der Waals surface area contributed by atoms with Crippen LogP contribution < -0.4 is 0 Å². The zero-order valence-corrected chi connectivity index (χ0v) is 15.3. The van der Waals surface area contributed by atoms with Crippen LogP contribution in [0.25, 0.3) is 11.4 Å². The minimum atomic E-state index is -0.196. The van der Waals surface area contributed by atoms with Crippen LogP contribution in [0, 0.1) is 5.92 Å². The van der Waals surface area contributed by atoms with Gasteiger partial charge in [-0.25, -0.2) is 9.67 Å². The normalized spacial score (nSPS) is 16.4. The lowest BCUT2D eigenvalue weighted by molar-refractivity contribution is 0.0536. The van der Waals surface area contributed by atoms with Crippen molar-refractivity contribution in [2.45, 2.75) is 26.4 Å². The molecule has 0 aliphatic carbocycles. The lowest BCUT2D eigenvalue weighted by atomic mass is 9.99. The van der Waals surface area contributed by atoms with Crippen molar-refractivity contribution in [3.63, 3.8) is 0 Å². The lowest BCUT2D eigenvalue weighted by Gasteiger charge is -2.37. The second-order valence-electron chi connectivity index (χ2n) is 7.00. The molecule has 1 aliphatic heterocycles. The van der Waals surface area contributed by atoms with Crippen molar-refractivity contribution in [1.82, 2.24) is 24.6 Å². The zero-order valence-electron chi connectivity index (χ0n) is 15.3. The highest BCUT2D eigenvalue weighted by atomic mass is 16.3. The third kappa shape index (κ3) is 3.16. The maximum atomic E-state index is 13.1. The highest BCUT2D eigenvalue weighted by molar-refractivity contribution is 5.94. The molecule has 0 radical (unpaired) electrons. The van der Waals surface area contributed by atoms with Gasteiger partial charge < -0.3 is 10.0 Å². The third-order valence-electron chi connectivity index (χ3n) is 4.75. The van der Waals surface area contributed by atoms with Crippen LogP contribution in [0.2, 0.25) is 0 Å². The molecule has 0 unspecified atom stereocenters. The molecule has 1 N–H and O–H groups in total. The van der Waals surface area contributed by atoms with Crippen molar-refractivity contribution in [3.8, 4) is 17.1 Å². The monoisotopic (exact) mass is 363 g/mol. The van der Waals surface area contributed by atoms with Gasteiger partial charge in [-0.3, -0.25) is 9.78 Å². The van der Waals surface area contributed by atoms with E-state index < -0.39 is 0 Å². The summed E-state index contributed by atoms with van der Waals surface area (Å²) in [7, 11) is 0. The topological polar surface area (TPSA) is 84.1 Å². The van der Waals surface area contributed by atoms with E-state index in [0.29, 0.717) is 24.5 Å². The summed E-state index contributed by atoms with van der Waals surface area (Å²) >= 11 is 0. The van der Waals surface area contributed by atoms with E-state index in [9.17, 15) is 9.90 Å². The Morgan fingerprint density at radius 1 is 1.19 bits per heavy atom. The molecular formula is C20H21N5O2. The first kappa shape index (κ1) is 17.2. The molecule has 1 atom stereocenters. The summed E-state index contributed by atoms with van der Waals surface area (Å²) in [5.41, 5.74) is 1.33. The number of fused-ring (bicyclic) bond motifs is 1. The minimum Gasteiger partial charge on any atom is -0.506 e. The summed E-state index contributed by atoms with van der Waals surface area (Å²) in [6.45, 7) is 5.24. The molecule has 1 aromatic carbocycles. The third-order valence-corrected chi connectivity index (χ3v) is 4.75. The number of amides is 1. The van der Waals surface area contributed by atoms with Crippen LogP contribution in [0.5, 0.6) is 5.75 Å². The van der Waals surface area contributed by atoms with Gasteiger partial charge in [-0.15, -0.1) is 0 Å². The summed E-state index contributed by atoms with van der Waals surface area (Å²) in [6, 6.07) is 11.1. The summed E-state index contributed by atoms with van der Waals surface area (Å²) in [6.07, 6.45) is 2.80. The van der Waals surface area contributed by atoms with E-state index in [1.807, 2.05) is 35.0 Å². The molecule has 0 bridgehead atoms. The lowest BCUT2D eigenvalue weighted by Crippen LogP contribution is -2.44. The summed E-state index contributed by atoms with van der Waals surface area (Å²) in [4.78, 5) is 23.6. The predicted molar refractivity (Wildman–Crippen MR) is 100.0 cm³/mol. The first-order valence-electron chi connectivity index (χ1n) is 8.99. The van der Waals surface area contributed by atoms with Gasteiger partial charge >= 0.3 is 0 Å². The van der Waals surface area contributed by atoms with Crippen molar-refractivity contribution in [2.75, 3.05) is 6.54 Å². The van der Waals surface area contributed by atoms with Crippen LogP contribution in [0.1, 0.15) is 36.1 Å². The Labute approximate surface area is 157 Å². The van der Waals surface area contributed by atoms with Gasteiger partial charge in [-0.2, -0.15) is 5.10 Å². The average molecular weight is 363 g/mol.